The van der Waals surface area contributed by atoms with Crippen molar-refractivity contribution in [2.45, 2.75) is 24.9 Å². The molecule has 1 heterocycles. The van der Waals surface area contributed by atoms with E-state index in [1.165, 1.54) is 12.5 Å². The number of carbonyl (C=O) groups excluding carboxylic acids is 1. The fraction of sp³-hybridized carbons (Fsp3) is 0.267. The monoisotopic (exact) mass is 303 g/mol. The Labute approximate surface area is 129 Å². The molecule has 5 N–H and O–H groups in total. The SMILES string of the molecule is [2H]N[C@@H](Cc1ccccc1)C(=O)N[C@@H](Cc1cnc[nH]1)C(=O)O. The van der Waals surface area contributed by atoms with Gasteiger partial charge in [0, 0.05) is 18.3 Å². The quantitative estimate of drug-likeness (QED) is 0.551. The van der Waals surface area contributed by atoms with Gasteiger partial charge in [0.25, 0.3) is 0 Å². The van der Waals surface area contributed by atoms with Crippen LogP contribution in [0.4, 0.5) is 0 Å². The Morgan fingerprint density at radius 1 is 1.36 bits per heavy atom. The summed E-state index contributed by atoms with van der Waals surface area (Å²) in [6, 6.07) is 7.31. The van der Waals surface area contributed by atoms with Crippen LogP contribution in [0, 0.1) is 0 Å². The number of aromatic amines is 1. The summed E-state index contributed by atoms with van der Waals surface area (Å²) in [6.07, 6.45) is 3.34. The third-order valence-corrected chi connectivity index (χ3v) is 3.19. The summed E-state index contributed by atoms with van der Waals surface area (Å²) >= 11 is 0. The number of rotatable bonds is 8. The van der Waals surface area contributed by atoms with Crippen LogP contribution >= 0.6 is 0 Å². The van der Waals surface area contributed by atoms with E-state index in [0.717, 1.165) is 5.56 Å². The van der Waals surface area contributed by atoms with Gasteiger partial charge in [-0.3, -0.25) is 4.79 Å². The van der Waals surface area contributed by atoms with Crippen molar-refractivity contribution in [3.63, 3.8) is 0 Å². The number of carbonyl (C=O) groups is 2. The summed E-state index contributed by atoms with van der Waals surface area (Å²) in [5.41, 5.74) is 3.67. The van der Waals surface area contributed by atoms with Gasteiger partial charge in [-0.05, 0) is 12.0 Å². The van der Waals surface area contributed by atoms with Gasteiger partial charge in [0.1, 0.15) is 7.45 Å². The molecular weight excluding hydrogens is 284 g/mol. The predicted molar refractivity (Wildman–Crippen MR) is 80.0 cm³/mol. The second-order valence-electron chi connectivity index (χ2n) is 4.92. The van der Waals surface area contributed by atoms with Crippen molar-refractivity contribution < 1.29 is 16.1 Å². The Bertz CT molecular complexity index is 633. The molecule has 0 saturated carbocycles. The first-order chi connectivity index (χ1) is 11.1. The van der Waals surface area contributed by atoms with E-state index in [4.69, 9.17) is 1.41 Å². The fourth-order valence-electron chi connectivity index (χ4n) is 2.03. The molecule has 22 heavy (non-hydrogen) atoms. The number of benzene rings is 1. The number of H-pyrrole nitrogens is 1. The fourth-order valence-corrected chi connectivity index (χ4v) is 2.03. The zero-order valence-corrected chi connectivity index (χ0v) is 11.8. The molecule has 1 aromatic carbocycles. The van der Waals surface area contributed by atoms with Crippen molar-refractivity contribution >= 4 is 11.9 Å². The molecule has 116 valence electrons. The number of imidazole rings is 1. The van der Waals surface area contributed by atoms with Crippen LogP contribution in [0.2, 0.25) is 1.41 Å². The molecule has 0 aliphatic carbocycles. The lowest BCUT2D eigenvalue weighted by Gasteiger charge is -2.17. The van der Waals surface area contributed by atoms with Crippen molar-refractivity contribution in [2.75, 3.05) is 0 Å². The van der Waals surface area contributed by atoms with Crippen LogP contribution in [0.5, 0.6) is 0 Å². The standard InChI is InChI=1S/C15H18N4O3/c16-12(6-10-4-2-1-3-5-10)14(20)19-13(15(21)22)7-11-8-17-9-18-11/h1-5,8-9,12-13H,6-7,16H2,(H,17,18)(H,19,20)(H,21,22)/t12-,13-/m0/s1/i/hD. The molecule has 0 radical (unpaired) electrons. The maximum atomic E-state index is 12.2. The summed E-state index contributed by atoms with van der Waals surface area (Å²) in [5.74, 6) is -1.67. The van der Waals surface area contributed by atoms with E-state index in [1.54, 1.807) is 0 Å². The molecule has 7 heteroatoms. The molecule has 7 nitrogen and oxygen atoms in total. The molecule has 2 aromatic rings. The Hall–Kier alpha value is -2.67. The summed E-state index contributed by atoms with van der Waals surface area (Å²) in [7, 11) is 0. The molecule has 0 aliphatic rings. The van der Waals surface area contributed by atoms with Gasteiger partial charge in [0.05, 0.1) is 12.4 Å². The van der Waals surface area contributed by atoms with Crippen LogP contribution in [0.15, 0.2) is 42.9 Å². The highest BCUT2D eigenvalue weighted by molar-refractivity contribution is 5.87. The molecule has 2 atom stereocenters. The van der Waals surface area contributed by atoms with E-state index in [-0.39, 0.29) is 6.42 Å². The van der Waals surface area contributed by atoms with Gasteiger partial charge in [0.15, 0.2) is 0 Å². The van der Waals surface area contributed by atoms with Crippen molar-refractivity contribution in [1.82, 2.24) is 15.3 Å². The number of nitrogens with one attached hydrogen (secondary N) is 2. The number of carboxylic acids is 1. The number of hydrogen-bond acceptors (Lipinski definition) is 4. The van der Waals surface area contributed by atoms with Gasteiger partial charge in [-0.25, -0.2) is 9.78 Å². The van der Waals surface area contributed by atoms with Gasteiger partial charge >= 0.3 is 5.97 Å². The normalized spacial score (nSPS) is 13.9. The third kappa shape index (κ3) is 4.42. The van der Waals surface area contributed by atoms with Gasteiger partial charge in [-0.2, -0.15) is 0 Å². The van der Waals surface area contributed by atoms with Crippen LogP contribution < -0.4 is 11.0 Å². The zero-order chi connectivity index (χ0) is 16.7. The van der Waals surface area contributed by atoms with E-state index in [0.29, 0.717) is 12.1 Å². The molecule has 2 rings (SSSR count). The maximum absolute atomic E-state index is 12.2. The molecule has 0 spiro atoms. The lowest BCUT2D eigenvalue weighted by molar-refractivity contribution is -0.142. The Morgan fingerprint density at radius 2 is 2.14 bits per heavy atom. The van der Waals surface area contributed by atoms with Crippen LogP contribution in [0.1, 0.15) is 11.3 Å². The minimum atomic E-state index is -1.14. The van der Waals surface area contributed by atoms with Gasteiger partial charge in [0.2, 0.25) is 5.91 Å². The van der Waals surface area contributed by atoms with Gasteiger partial charge in [-0.1, -0.05) is 30.3 Å². The Morgan fingerprint density at radius 3 is 2.73 bits per heavy atom. The highest BCUT2D eigenvalue weighted by atomic mass is 16.4. The van der Waals surface area contributed by atoms with Crippen LogP contribution in [0.3, 0.4) is 0 Å². The molecule has 1 aromatic heterocycles. The van der Waals surface area contributed by atoms with Crippen molar-refractivity contribution in [2.24, 2.45) is 5.73 Å². The predicted octanol–water partition coefficient (Wildman–Crippen LogP) is 0.0916. The van der Waals surface area contributed by atoms with Gasteiger partial charge < -0.3 is 21.1 Å². The molecular formula is C15H18N4O3. The molecule has 0 saturated heterocycles. The minimum absolute atomic E-state index is 0.0944. The lowest BCUT2D eigenvalue weighted by Crippen LogP contribution is -2.50. The molecule has 0 aliphatic heterocycles. The van der Waals surface area contributed by atoms with E-state index in [2.05, 4.69) is 21.0 Å². The topological polar surface area (TPSA) is 121 Å². The van der Waals surface area contributed by atoms with Crippen LogP contribution in [-0.2, 0) is 22.4 Å². The number of aromatic nitrogens is 2. The summed E-state index contributed by atoms with van der Waals surface area (Å²) < 4.78 is 7.31. The number of hydrogen-bond donors (Lipinski definition) is 4. The first-order valence-corrected chi connectivity index (χ1v) is 6.81. The van der Waals surface area contributed by atoms with E-state index < -0.39 is 24.0 Å². The number of amides is 1. The largest absolute Gasteiger partial charge is 0.480 e. The highest BCUT2D eigenvalue weighted by Gasteiger charge is 2.24. The summed E-state index contributed by atoms with van der Waals surface area (Å²) in [5, 5.41) is 11.7. The Balaban J connectivity index is 1.99. The highest BCUT2D eigenvalue weighted by Crippen LogP contribution is 2.03. The first-order valence-electron chi connectivity index (χ1n) is 7.31. The smallest absolute Gasteiger partial charge is 0.326 e. The van der Waals surface area contributed by atoms with E-state index >= 15 is 0 Å². The average Bonchev–Trinajstić information content (AvgIpc) is 3.05. The van der Waals surface area contributed by atoms with Crippen LogP contribution in [0.25, 0.3) is 0 Å². The third-order valence-electron chi connectivity index (χ3n) is 3.19. The number of nitrogens with zero attached hydrogens (tertiary/aromatic N) is 1. The number of nitrogens with two attached hydrogens (primary N) is 1. The maximum Gasteiger partial charge on any atom is 0.326 e. The molecule has 0 unspecified atom stereocenters. The van der Waals surface area contributed by atoms with Crippen molar-refractivity contribution in [3.8, 4) is 0 Å². The summed E-state index contributed by atoms with van der Waals surface area (Å²) in [6.45, 7) is 0. The molecule has 0 bridgehead atoms. The van der Waals surface area contributed by atoms with E-state index in [1.807, 2.05) is 30.3 Å². The van der Waals surface area contributed by atoms with Gasteiger partial charge in [-0.15, -0.1) is 0 Å². The average molecular weight is 303 g/mol. The molecule has 1 amide bonds. The second kappa shape index (κ2) is 7.37. The lowest BCUT2D eigenvalue weighted by atomic mass is 10.1. The van der Waals surface area contributed by atoms with Crippen molar-refractivity contribution in [1.29, 1.82) is 0 Å². The number of aliphatic carboxylic acids is 1. The second-order valence-corrected chi connectivity index (χ2v) is 4.92. The van der Waals surface area contributed by atoms with Crippen molar-refractivity contribution in [3.05, 3.63) is 54.1 Å². The zero-order valence-electron chi connectivity index (χ0n) is 12.8. The molecule has 0 fully saturated rings. The Kier molecular flexibility index (Phi) is 4.78. The first kappa shape index (κ1) is 14.3. The summed E-state index contributed by atoms with van der Waals surface area (Å²) in [4.78, 5) is 30.2. The van der Waals surface area contributed by atoms with Crippen LogP contribution in [-0.4, -0.2) is 39.0 Å². The minimum Gasteiger partial charge on any atom is -0.480 e. The van der Waals surface area contributed by atoms with E-state index in [9.17, 15) is 14.7 Å². The number of carboxylic acid groups (broad SMARTS) is 1.